The van der Waals surface area contributed by atoms with E-state index in [9.17, 15) is 4.79 Å². The molecule has 1 amide bonds. The summed E-state index contributed by atoms with van der Waals surface area (Å²) in [5.74, 6) is 0.511. The zero-order valence-corrected chi connectivity index (χ0v) is 10.9. The van der Waals surface area contributed by atoms with Crippen LogP contribution in [-0.2, 0) is 4.79 Å². The third-order valence-corrected chi connectivity index (χ3v) is 3.83. The van der Waals surface area contributed by atoms with E-state index >= 15 is 0 Å². The van der Waals surface area contributed by atoms with Gasteiger partial charge in [-0.3, -0.25) is 9.78 Å². The smallest absolute Gasteiger partial charge is 0.227 e. The SMILES string of the molecule is Cc1cnccc1NC(=O)C1CCCCC1CN. The van der Waals surface area contributed by atoms with E-state index in [1.54, 1.807) is 12.4 Å². The number of aryl methyl sites for hydroxylation is 1. The highest BCUT2D eigenvalue weighted by Gasteiger charge is 2.29. The average molecular weight is 247 g/mol. The van der Waals surface area contributed by atoms with Crippen LogP contribution in [0.2, 0.25) is 0 Å². The number of hydrogen-bond donors (Lipinski definition) is 2. The number of hydrogen-bond acceptors (Lipinski definition) is 3. The predicted molar refractivity (Wildman–Crippen MR) is 72.1 cm³/mol. The van der Waals surface area contributed by atoms with Crippen LogP contribution >= 0.6 is 0 Å². The van der Waals surface area contributed by atoms with E-state index in [-0.39, 0.29) is 11.8 Å². The Kier molecular flexibility index (Phi) is 4.31. The molecule has 2 unspecified atom stereocenters. The average Bonchev–Trinajstić information content (AvgIpc) is 2.41. The van der Waals surface area contributed by atoms with Crippen molar-refractivity contribution in [3.05, 3.63) is 24.0 Å². The molecule has 2 rings (SSSR count). The Balaban J connectivity index is 2.05. The third-order valence-electron chi connectivity index (χ3n) is 3.83. The molecule has 0 aliphatic heterocycles. The fourth-order valence-corrected chi connectivity index (χ4v) is 2.67. The van der Waals surface area contributed by atoms with E-state index in [2.05, 4.69) is 10.3 Å². The summed E-state index contributed by atoms with van der Waals surface area (Å²) in [6, 6.07) is 1.84. The Bertz CT molecular complexity index is 419. The normalized spacial score (nSPS) is 23.7. The van der Waals surface area contributed by atoms with Gasteiger partial charge in [-0.25, -0.2) is 0 Å². The van der Waals surface area contributed by atoms with Gasteiger partial charge in [0.15, 0.2) is 0 Å². The Morgan fingerprint density at radius 3 is 3.00 bits per heavy atom. The quantitative estimate of drug-likeness (QED) is 0.859. The number of carbonyl (C=O) groups is 1. The second-order valence-corrected chi connectivity index (χ2v) is 5.07. The molecule has 1 aliphatic carbocycles. The lowest BCUT2D eigenvalue weighted by Crippen LogP contribution is -2.35. The highest BCUT2D eigenvalue weighted by Crippen LogP contribution is 2.30. The molecule has 18 heavy (non-hydrogen) atoms. The molecular formula is C14H21N3O. The van der Waals surface area contributed by atoms with Crippen LogP contribution < -0.4 is 11.1 Å². The van der Waals surface area contributed by atoms with Gasteiger partial charge in [-0.15, -0.1) is 0 Å². The monoisotopic (exact) mass is 247 g/mol. The molecule has 0 bridgehead atoms. The minimum atomic E-state index is 0.0660. The molecule has 3 N–H and O–H groups in total. The number of pyridine rings is 1. The zero-order valence-electron chi connectivity index (χ0n) is 10.9. The first-order chi connectivity index (χ1) is 8.72. The molecule has 4 nitrogen and oxygen atoms in total. The summed E-state index contributed by atoms with van der Waals surface area (Å²) in [7, 11) is 0. The van der Waals surface area contributed by atoms with E-state index in [1.165, 1.54) is 6.42 Å². The minimum absolute atomic E-state index is 0.0660. The van der Waals surface area contributed by atoms with Gasteiger partial charge >= 0.3 is 0 Å². The number of rotatable bonds is 3. The zero-order chi connectivity index (χ0) is 13.0. The number of carbonyl (C=O) groups excluding carboxylic acids is 1. The van der Waals surface area contributed by atoms with E-state index < -0.39 is 0 Å². The molecular weight excluding hydrogens is 226 g/mol. The molecule has 4 heteroatoms. The van der Waals surface area contributed by atoms with Crippen LogP contribution in [0.1, 0.15) is 31.2 Å². The third kappa shape index (κ3) is 2.88. The molecule has 0 radical (unpaired) electrons. The summed E-state index contributed by atoms with van der Waals surface area (Å²) >= 11 is 0. The van der Waals surface area contributed by atoms with Crippen LogP contribution in [-0.4, -0.2) is 17.4 Å². The minimum Gasteiger partial charge on any atom is -0.330 e. The molecule has 1 aromatic rings. The van der Waals surface area contributed by atoms with E-state index in [0.717, 1.165) is 30.5 Å². The fraction of sp³-hybridized carbons (Fsp3) is 0.571. The van der Waals surface area contributed by atoms with E-state index in [1.807, 2.05) is 13.0 Å². The van der Waals surface area contributed by atoms with Crippen LogP contribution in [0.15, 0.2) is 18.5 Å². The van der Waals surface area contributed by atoms with Gasteiger partial charge in [-0.1, -0.05) is 12.8 Å². The summed E-state index contributed by atoms with van der Waals surface area (Å²) in [6.45, 7) is 2.55. The Morgan fingerprint density at radius 1 is 1.50 bits per heavy atom. The number of amides is 1. The van der Waals surface area contributed by atoms with Crippen LogP contribution in [0, 0.1) is 18.8 Å². The summed E-state index contributed by atoms with van der Waals surface area (Å²) in [6.07, 6.45) is 7.81. The summed E-state index contributed by atoms with van der Waals surface area (Å²) in [5, 5.41) is 3.01. The second-order valence-electron chi connectivity index (χ2n) is 5.07. The van der Waals surface area contributed by atoms with Crippen molar-refractivity contribution in [3.8, 4) is 0 Å². The van der Waals surface area contributed by atoms with Crippen molar-refractivity contribution in [2.75, 3.05) is 11.9 Å². The molecule has 1 heterocycles. The van der Waals surface area contributed by atoms with Crippen molar-refractivity contribution in [2.24, 2.45) is 17.6 Å². The van der Waals surface area contributed by atoms with Gasteiger partial charge in [0.05, 0.1) is 0 Å². The van der Waals surface area contributed by atoms with Gasteiger partial charge in [0.1, 0.15) is 0 Å². The number of aromatic nitrogens is 1. The van der Waals surface area contributed by atoms with Crippen LogP contribution in [0.4, 0.5) is 5.69 Å². The highest BCUT2D eigenvalue weighted by molar-refractivity contribution is 5.93. The lowest BCUT2D eigenvalue weighted by molar-refractivity contribution is -0.122. The van der Waals surface area contributed by atoms with Gasteiger partial charge in [-0.05, 0) is 43.9 Å². The van der Waals surface area contributed by atoms with Crippen molar-refractivity contribution in [2.45, 2.75) is 32.6 Å². The maximum absolute atomic E-state index is 12.3. The lowest BCUT2D eigenvalue weighted by atomic mass is 9.78. The van der Waals surface area contributed by atoms with Crippen LogP contribution in [0.25, 0.3) is 0 Å². The van der Waals surface area contributed by atoms with E-state index in [0.29, 0.717) is 12.5 Å². The van der Waals surface area contributed by atoms with Crippen molar-refractivity contribution < 1.29 is 4.79 Å². The van der Waals surface area contributed by atoms with Gasteiger partial charge < -0.3 is 11.1 Å². The standard InChI is InChI=1S/C14H21N3O/c1-10-9-16-7-6-13(10)17-14(18)12-5-3-2-4-11(12)8-15/h6-7,9,11-12H,2-5,8,15H2,1H3,(H,16,17,18). The summed E-state index contributed by atoms with van der Waals surface area (Å²) in [4.78, 5) is 16.3. The van der Waals surface area contributed by atoms with Gasteiger partial charge in [-0.2, -0.15) is 0 Å². The highest BCUT2D eigenvalue weighted by atomic mass is 16.1. The van der Waals surface area contributed by atoms with Gasteiger partial charge in [0, 0.05) is 24.0 Å². The Hall–Kier alpha value is -1.42. The van der Waals surface area contributed by atoms with Crippen molar-refractivity contribution in [1.29, 1.82) is 0 Å². The Labute approximate surface area is 108 Å². The van der Waals surface area contributed by atoms with Crippen molar-refractivity contribution in [3.63, 3.8) is 0 Å². The maximum atomic E-state index is 12.3. The van der Waals surface area contributed by atoms with Crippen LogP contribution in [0.5, 0.6) is 0 Å². The molecule has 1 aliphatic rings. The first-order valence-corrected chi connectivity index (χ1v) is 6.64. The second kappa shape index (κ2) is 5.96. The summed E-state index contributed by atoms with van der Waals surface area (Å²) < 4.78 is 0. The first kappa shape index (κ1) is 13.0. The number of nitrogens with one attached hydrogen (secondary N) is 1. The number of nitrogens with two attached hydrogens (primary N) is 1. The van der Waals surface area contributed by atoms with Crippen LogP contribution in [0.3, 0.4) is 0 Å². The van der Waals surface area contributed by atoms with E-state index in [4.69, 9.17) is 5.73 Å². The molecule has 2 atom stereocenters. The lowest BCUT2D eigenvalue weighted by Gasteiger charge is -2.29. The molecule has 0 spiro atoms. The fourth-order valence-electron chi connectivity index (χ4n) is 2.67. The molecule has 98 valence electrons. The molecule has 1 fully saturated rings. The van der Waals surface area contributed by atoms with Crippen molar-refractivity contribution >= 4 is 11.6 Å². The topological polar surface area (TPSA) is 68.0 Å². The number of nitrogens with zero attached hydrogens (tertiary/aromatic N) is 1. The Morgan fingerprint density at radius 2 is 2.28 bits per heavy atom. The predicted octanol–water partition coefficient (Wildman–Crippen LogP) is 2.09. The van der Waals surface area contributed by atoms with Crippen molar-refractivity contribution in [1.82, 2.24) is 4.98 Å². The molecule has 1 saturated carbocycles. The molecule has 0 saturated heterocycles. The van der Waals surface area contributed by atoms with Gasteiger partial charge in [0.2, 0.25) is 5.91 Å². The largest absolute Gasteiger partial charge is 0.330 e. The molecule has 1 aromatic heterocycles. The molecule has 0 aromatic carbocycles. The van der Waals surface area contributed by atoms with Gasteiger partial charge in [0.25, 0.3) is 0 Å². The summed E-state index contributed by atoms with van der Waals surface area (Å²) in [5.41, 5.74) is 7.61. The first-order valence-electron chi connectivity index (χ1n) is 6.64. The number of anilines is 1. The maximum Gasteiger partial charge on any atom is 0.227 e.